The van der Waals surface area contributed by atoms with E-state index in [0.717, 1.165) is 55.9 Å². The maximum Gasteiger partial charge on any atom is 0.286 e. The van der Waals surface area contributed by atoms with Crippen molar-refractivity contribution < 1.29 is 23.3 Å². The second-order valence-corrected chi connectivity index (χ2v) is 17.2. The third-order valence-electron chi connectivity index (χ3n) is 11.3. The molecule has 2 aliphatic heterocycles. The molecular weight excluding hydrogens is 698 g/mol. The lowest BCUT2D eigenvalue weighted by molar-refractivity contribution is -0.118. The first kappa shape index (κ1) is 34.9. The van der Waals surface area contributed by atoms with E-state index < -0.39 is 21.7 Å². The van der Waals surface area contributed by atoms with Crippen molar-refractivity contribution in [3.8, 4) is 5.75 Å². The van der Waals surface area contributed by atoms with Crippen molar-refractivity contribution in [2.75, 3.05) is 37.5 Å². The number of aromatic nitrogens is 2. The molecule has 272 valence electrons. The van der Waals surface area contributed by atoms with Crippen LogP contribution < -0.4 is 14.4 Å². The highest BCUT2D eigenvalue weighted by Gasteiger charge is 2.44. The van der Waals surface area contributed by atoms with Crippen molar-refractivity contribution in [3.05, 3.63) is 107 Å². The van der Waals surface area contributed by atoms with Gasteiger partial charge in [-0.2, -0.15) is 0 Å². The molecule has 4 aliphatic rings. The number of halogens is 1. The van der Waals surface area contributed by atoms with Gasteiger partial charge in [-0.25, -0.2) is 9.19 Å². The number of carbonyl (C=O) groups excluding carboxylic acids is 2. The molecule has 12 heteroatoms. The zero-order valence-corrected chi connectivity index (χ0v) is 30.9. The molecule has 10 nitrogen and oxygen atoms in total. The number of nitrogens with one attached hydrogen (secondary N) is 1. The van der Waals surface area contributed by atoms with Gasteiger partial charge in [0.2, 0.25) is 5.91 Å². The van der Waals surface area contributed by atoms with E-state index in [-0.39, 0.29) is 23.7 Å². The van der Waals surface area contributed by atoms with Crippen molar-refractivity contribution in [2.45, 2.75) is 62.9 Å². The Hall–Kier alpha value is -4.19. The van der Waals surface area contributed by atoms with E-state index >= 15 is 0 Å². The maximum absolute atomic E-state index is 14.4. The molecule has 1 N–H and O–H groups in total. The Morgan fingerprint density at radius 1 is 1.15 bits per heavy atom. The highest BCUT2D eigenvalue weighted by molar-refractivity contribution is 7.92. The molecule has 2 aromatic heterocycles. The van der Waals surface area contributed by atoms with Crippen LogP contribution in [0.5, 0.6) is 5.75 Å². The summed E-state index contributed by atoms with van der Waals surface area (Å²) in [6.07, 6.45) is 13.9. The zero-order valence-electron chi connectivity index (χ0n) is 29.3. The van der Waals surface area contributed by atoms with Crippen molar-refractivity contribution >= 4 is 44.7 Å². The fraction of sp³-hybridized carbons (Fsp3) is 0.425. The number of fused-ring (bicyclic) bond motifs is 5. The van der Waals surface area contributed by atoms with Crippen molar-refractivity contribution in [3.63, 3.8) is 0 Å². The van der Waals surface area contributed by atoms with Crippen LogP contribution >= 0.6 is 11.6 Å². The molecular formula is C40H44ClN5O5S. The Labute approximate surface area is 309 Å². The molecule has 0 unspecified atom stereocenters. The first-order chi connectivity index (χ1) is 25.2. The van der Waals surface area contributed by atoms with E-state index in [9.17, 15) is 13.8 Å². The number of amides is 2. The van der Waals surface area contributed by atoms with Crippen LogP contribution in [0.15, 0.2) is 83.5 Å². The molecule has 1 spiro atoms. The molecule has 5 atom stereocenters. The average Bonchev–Trinajstić information content (AvgIpc) is 3.45. The first-order valence-electron chi connectivity index (χ1n) is 18.2. The number of hydrogen-bond acceptors (Lipinski definition) is 7. The summed E-state index contributed by atoms with van der Waals surface area (Å²) < 4.78 is 35.8. The van der Waals surface area contributed by atoms with Gasteiger partial charge in [-0.3, -0.25) is 14.3 Å². The Kier molecular flexibility index (Phi) is 9.61. The van der Waals surface area contributed by atoms with Gasteiger partial charge < -0.3 is 18.8 Å². The number of pyridine rings is 1. The number of ether oxygens (including phenoxy) is 2. The van der Waals surface area contributed by atoms with Crippen LogP contribution in [-0.2, 0) is 37.7 Å². The summed E-state index contributed by atoms with van der Waals surface area (Å²) >= 11 is 6.46. The quantitative estimate of drug-likeness (QED) is 0.231. The smallest absolute Gasteiger partial charge is 0.286 e. The third-order valence-corrected chi connectivity index (χ3v) is 13.4. The Balaban J connectivity index is 1.15. The van der Waals surface area contributed by atoms with Crippen LogP contribution in [0.1, 0.15) is 65.7 Å². The largest absolute Gasteiger partial charge is 0.490 e. The lowest BCUT2D eigenvalue weighted by atomic mass is 9.68. The molecule has 2 aliphatic carbocycles. The van der Waals surface area contributed by atoms with E-state index in [0.29, 0.717) is 53.9 Å². The van der Waals surface area contributed by atoms with E-state index in [2.05, 4.69) is 43.3 Å². The minimum Gasteiger partial charge on any atom is -0.490 e. The second-order valence-electron chi connectivity index (χ2n) is 14.7. The topological polar surface area (TPSA) is 115 Å². The molecule has 4 aromatic rings. The summed E-state index contributed by atoms with van der Waals surface area (Å²) in [5, 5.41) is 0.740. The number of methoxy groups -OCH3 is 1. The SMILES string of the molecule is CO[C@H]1/C=C/CCC[S@@](=O)(NC(=O)Cc2cn3ccccc3n2)=NC(=O)c2ccc3c(c2)N(C[C@@H]2CC[C@H]21)C[C@@]1(CCCc2cc(Cl)ccc21)CO3. The third kappa shape index (κ3) is 6.98. The molecule has 52 heavy (non-hydrogen) atoms. The first-order valence-corrected chi connectivity index (χ1v) is 20.3. The fourth-order valence-corrected chi connectivity index (χ4v) is 10.4. The second kappa shape index (κ2) is 14.3. The summed E-state index contributed by atoms with van der Waals surface area (Å²) in [6, 6.07) is 17.2. The van der Waals surface area contributed by atoms with Crippen LogP contribution in [0, 0.1) is 11.8 Å². The van der Waals surface area contributed by atoms with E-state index in [1.165, 1.54) is 11.1 Å². The monoisotopic (exact) mass is 741 g/mol. The summed E-state index contributed by atoms with van der Waals surface area (Å²) in [7, 11) is -1.71. The lowest BCUT2D eigenvalue weighted by Crippen LogP contribution is -2.49. The van der Waals surface area contributed by atoms with Gasteiger partial charge in [0.15, 0.2) is 0 Å². The predicted molar refractivity (Wildman–Crippen MR) is 202 cm³/mol. The molecule has 1 fully saturated rings. The summed E-state index contributed by atoms with van der Waals surface area (Å²) in [6.45, 7) is 2.01. The van der Waals surface area contributed by atoms with Crippen LogP contribution in [0.4, 0.5) is 5.69 Å². The predicted octanol–water partition coefficient (Wildman–Crippen LogP) is 6.73. The zero-order chi connectivity index (χ0) is 35.9. The maximum atomic E-state index is 14.4. The number of hydrogen-bond donors (Lipinski definition) is 1. The molecule has 2 bridgehead atoms. The average molecular weight is 742 g/mol. The van der Waals surface area contributed by atoms with E-state index in [1.807, 2.05) is 47.0 Å². The van der Waals surface area contributed by atoms with Gasteiger partial charge >= 0.3 is 0 Å². The number of anilines is 1. The lowest BCUT2D eigenvalue weighted by Gasteiger charge is -2.46. The fourth-order valence-electron chi connectivity index (χ4n) is 8.56. The number of carbonyl (C=O) groups is 2. The Morgan fingerprint density at radius 3 is 2.88 bits per heavy atom. The molecule has 4 heterocycles. The molecule has 1 saturated carbocycles. The van der Waals surface area contributed by atoms with Crippen LogP contribution in [0.25, 0.3) is 5.65 Å². The Bertz CT molecular complexity index is 2140. The molecule has 2 aromatic carbocycles. The number of benzene rings is 2. The van der Waals surface area contributed by atoms with Crippen LogP contribution in [-0.4, -0.2) is 64.1 Å². The highest BCUT2D eigenvalue weighted by atomic mass is 35.5. The van der Waals surface area contributed by atoms with Crippen molar-refractivity contribution in [1.29, 1.82) is 0 Å². The minimum atomic E-state index is -3.47. The number of allylic oxidation sites excluding steroid dienone is 1. The van der Waals surface area contributed by atoms with Gasteiger partial charge in [-0.1, -0.05) is 35.9 Å². The molecule has 2 amide bonds. The number of aryl methyl sites for hydroxylation is 1. The normalized spacial score (nSPS) is 28.1. The minimum absolute atomic E-state index is 0.0236. The van der Waals surface area contributed by atoms with Gasteiger partial charge in [0.05, 0.1) is 36.3 Å². The van der Waals surface area contributed by atoms with Gasteiger partial charge in [0.25, 0.3) is 5.91 Å². The summed E-state index contributed by atoms with van der Waals surface area (Å²) in [5.41, 5.74) is 4.64. The van der Waals surface area contributed by atoms with Crippen molar-refractivity contribution in [1.82, 2.24) is 14.1 Å². The summed E-state index contributed by atoms with van der Waals surface area (Å²) in [4.78, 5) is 34.2. The number of imidazole rings is 1. The number of nitrogens with zero attached hydrogens (tertiary/aromatic N) is 4. The number of rotatable bonds is 4. The molecule has 0 radical (unpaired) electrons. The highest BCUT2D eigenvalue weighted by Crippen LogP contribution is 2.47. The van der Waals surface area contributed by atoms with Crippen molar-refractivity contribution in [2.24, 2.45) is 16.2 Å². The van der Waals surface area contributed by atoms with Gasteiger partial charge in [0, 0.05) is 48.6 Å². The van der Waals surface area contributed by atoms with E-state index in [1.54, 1.807) is 19.4 Å². The Morgan fingerprint density at radius 2 is 2.06 bits per heavy atom. The standard InChI is InChI=1S/C40H44ClN5O5S/c1-50-35-9-3-2-6-19-52(49,43-38(47)22-31-24-45-18-5-4-10-37(45)42-31)44-39(48)28-12-16-36-34(21-28)46(23-29-11-14-32(29)35)25-40(26-51-36)17-7-8-27-20-30(41)13-15-33(27)40/h3-5,9-10,12-13,15-16,18,20-21,24,29,32,35H,2,6-8,11,14,17,19,22-23,25-26H2,1H3,(H,43,44,47,48,49)/b9-3+/t29-,32+,35-,40-,52+/m0/s1. The molecule has 8 rings (SSSR count). The molecule has 0 saturated heterocycles. The van der Waals surface area contributed by atoms with Crippen LogP contribution in [0.3, 0.4) is 0 Å². The van der Waals surface area contributed by atoms with Gasteiger partial charge in [-0.15, -0.1) is 4.36 Å². The van der Waals surface area contributed by atoms with Gasteiger partial charge in [0.1, 0.15) is 21.3 Å². The summed E-state index contributed by atoms with van der Waals surface area (Å²) in [5.74, 6) is 0.321. The van der Waals surface area contributed by atoms with Gasteiger partial charge in [-0.05, 0) is 110 Å². The van der Waals surface area contributed by atoms with E-state index in [4.69, 9.17) is 21.1 Å². The van der Waals surface area contributed by atoms with Crippen LogP contribution in [0.2, 0.25) is 5.02 Å².